The van der Waals surface area contributed by atoms with Crippen molar-refractivity contribution in [3.05, 3.63) is 58.1 Å². The summed E-state index contributed by atoms with van der Waals surface area (Å²) in [6.45, 7) is 8.29. The summed E-state index contributed by atoms with van der Waals surface area (Å²) in [6, 6.07) is 12.9. The lowest BCUT2D eigenvalue weighted by molar-refractivity contribution is 0.676. The molecule has 106 valence electrons. The lowest BCUT2D eigenvalue weighted by Crippen LogP contribution is -2.14. The Morgan fingerprint density at radius 3 is 2.55 bits per heavy atom. The molecule has 0 heterocycles. The summed E-state index contributed by atoms with van der Waals surface area (Å²) < 4.78 is 0. The number of hydrogen-bond donors (Lipinski definition) is 1. The molecule has 0 saturated heterocycles. The predicted molar refractivity (Wildman–Crippen MR) is 88.4 cm³/mol. The maximum atomic E-state index is 6.27. The first-order valence-corrected chi connectivity index (χ1v) is 7.56. The molecule has 2 heteroatoms. The van der Waals surface area contributed by atoms with E-state index in [-0.39, 0.29) is 0 Å². The van der Waals surface area contributed by atoms with E-state index in [4.69, 9.17) is 11.6 Å². The monoisotopic (exact) mass is 287 g/mol. The molecule has 20 heavy (non-hydrogen) atoms. The Bertz CT molecular complexity index is 590. The largest absolute Gasteiger partial charge is 0.313 e. The van der Waals surface area contributed by atoms with E-state index in [2.05, 4.69) is 55.6 Å². The van der Waals surface area contributed by atoms with Crippen LogP contribution in [0.1, 0.15) is 30.0 Å². The van der Waals surface area contributed by atoms with Crippen LogP contribution in [0.4, 0.5) is 0 Å². The molecule has 1 nitrogen and oxygen atoms in total. The number of benzene rings is 2. The van der Waals surface area contributed by atoms with Gasteiger partial charge in [0.25, 0.3) is 0 Å². The molecule has 0 fully saturated rings. The van der Waals surface area contributed by atoms with Gasteiger partial charge >= 0.3 is 0 Å². The highest BCUT2D eigenvalue weighted by atomic mass is 35.5. The van der Waals surface area contributed by atoms with Gasteiger partial charge in [-0.15, -0.1) is 0 Å². The van der Waals surface area contributed by atoms with E-state index >= 15 is 0 Å². The first-order valence-electron chi connectivity index (χ1n) is 7.18. The lowest BCUT2D eigenvalue weighted by Gasteiger charge is -2.13. The van der Waals surface area contributed by atoms with Gasteiger partial charge in [0.05, 0.1) is 0 Å². The van der Waals surface area contributed by atoms with Crippen molar-refractivity contribution in [3.8, 4) is 11.1 Å². The second-order valence-corrected chi connectivity index (χ2v) is 5.71. The highest BCUT2D eigenvalue weighted by Crippen LogP contribution is 2.29. The second-order valence-electron chi connectivity index (χ2n) is 5.30. The van der Waals surface area contributed by atoms with Crippen LogP contribution in [0.3, 0.4) is 0 Å². The molecule has 0 aliphatic rings. The first-order chi connectivity index (χ1) is 9.61. The minimum atomic E-state index is 0.830. The summed E-state index contributed by atoms with van der Waals surface area (Å²) in [6.07, 6.45) is 1.15. The average Bonchev–Trinajstić information content (AvgIpc) is 2.44. The molecular formula is C18H22ClN. The van der Waals surface area contributed by atoms with Crippen LogP contribution in [-0.2, 0) is 6.54 Å². The highest BCUT2D eigenvalue weighted by Gasteiger charge is 2.07. The van der Waals surface area contributed by atoms with E-state index in [0.29, 0.717) is 0 Å². The quantitative estimate of drug-likeness (QED) is 0.752. The molecule has 0 bridgehead atoms. The van der Waals surface area contributed by atoms with Crippen molar-refractivity contribution >= 4 is 11.6 Å². The zero-order valence-corrected chi connectivity index (χ0v) is 13.2. The summed E-state index contributed by atoms with van der Waals surface area (Å²) >= 11 is 6.27. The smallest absolute Gasteiger partial charge is 0.0441 e. The summed E-state index contributed by atoms with van der Waals surface area (Å²) in [5.41, 5.74) is 6.18. The summed E-state index contributed by atoms with van der Waals surface area (Å²) in [4.78, 5) is 0. The van der Waals surface area contributed by atoms with Crippen molar-refractivity contribution in [1.29, 1.82) is 0 Å². The van der Waals surface area contributed by atoms with E-state index in [1.807, 2.05) is 6.92 Å². The minimum Gasteiger partial charge on any atom is -0.313 e. The third-order valence-electron chi connectivity index (χ3n) is 3.49. The maximum Gasteiger partial charge on any atom is 0.0441 e. The van der Waals surface area contributed by atoms with E-state index in [1.165, 1.54) is 22.3 Å². The molecule has 0 spiro atoms. The van der Waals surface area contributed by atoms with Gasteiger partial charge in [0.1, 0.15) is 0 Å². The average molecular weight is 288 g/mol. The second kappa shape index (κ2) is 6.92. The number of hydrogen-bond acceptors (Lipinski definition) is 1. The van der Waals surface area contributed by atoms with Crippen LogP contribution in [0.5, 0.6) is 0 Å². The fourth-order valence-corrected chi connectivity index (χ4v) is 2.45. The Morgan fingerprint density at radius 1 is 1.05 bits per heavy atom. The summed E-state index contributed by atoms with van der Waals surface area (Å²) in [5.74, 6) is 0. The van der Waals surface area contributed by atoms with Gasteiger partial charge in [-0.2, -0.15) is 0 Å². The van der Waals surface area contributed by atoms with Crippen LogP contribution >= 0.6 is 11.6 Å². The fourth-order valence-electron chi connectivity index (χ4n) is 2.27. The number of aryl methyl sites for hydroxylation is 2. The maximum absolute atomic E-state index is 6.27. The van der Waals surface area contributed by atoms with Crippen molar-refractivity contribution < 1.29 is 0 Å². The van der Waals surface area contributed by atoms with Crippen LogP contribution < -0.4 is 5.32 Å². The van der Waals surface area contributed by atoms with Crippen molar-refractivity contribution in [1.82, 2.24) is 5.32 Å². The molecule has 0 radical (unpaired) electrons. The van der Waals surface area contributed by atoms with Gasteiger partial charge in [0.2, 0.25) is 0 Å². The molecule has 2 aromatic carbocycles. The minimum absolute atomic E-state index is 0.830. The Hall–Kier alpha value is -1.31. The topological polar surface area (TPSA) is 12.0 Å². The summed E-state index contributed by atoms with van der Waals surface area (Å²) in [7, 11) is 0. The Balaban J connectivity index is 2.37. The third-order valence-corrected chi connectivity index (χ3v) is 3.90. The molecule has 0 aliphatic carbocycles. The van der Waals surface area contributed by atoms with Gasteiger partial charge in [-0.05, 0) is 55.1 Å². The van der Waals surface area contributed by atoms with E-state index in [9.17, 15) is 0 Å². The standard InChI is InChI=1S/C18H22ClN/c1-4-9-20-12-16-7-5-13(2)10-17(16)15-8-6-14(3)18(19)11-15/h5-8,10-11,20H,4,9,12H2,1-3H3. The Morgan fingerprint density at radius 2 is 1.85 bits per heavy atom. The number of rotatable bonds is 5. The van der Waals surface area contributed by atoms with Gasteiger partial charge in [-0.1, -0.05) is 54.4 Å². The molecule has 0 aliphatic heterocycles. The first kappa shape index (κ1) is 15.1. The van der Waals surface area contributed by atoms with E-state index in [0.717, 1.165) is 30.1 Å². The zero-order chi connectivity index (χ0) is 14.5. The van der Waals surface area contributed by atoms with Gasteiger partial charge in [0.15, 0.2) is 0 Å². The van der Waals surface area contributed by atoms with E-state index < -0.39 is 0 Å². The van der Waals surface area contributed by atoms with Crippen molar-refractivity contribution in [2.75, 3.05) is 6.54 Å². The highest BCUT2D eigenvalue weighted by molar-refractivity contribution is 6.31. The Labute approximate surface area is 127 Å². The molecule has 0 amide bonds. The molecule has 2 aromatic rings. The van der Waals surface area contributed by atoms with Crippen LogP contribution in [0.2, 0.25) is 5.02 Å². The SMILES string of the molecule is CCCNCc1ccc(C)cc1-c1ccc(C)c(Cl)c1. The number of nitrogens with one attached hydrogen (secondary N) is 1. The molecule has 1 N–H and O–H groups in total. The lowest BCUT2D eigenvalue weighted by atomic mass is 9.96. The molecular weight excluding hydrogens is 266 g/mol. The molecule has 0 aromatic heterocycles. The van der Waals surface area contributed by atoms with Crippen molar-refractivity contribution in [2.45, 2.75) is 33.7 Å². The predicted octanol–water partition coefficient (Wildman–Crippen LogP) is 5.12. The van der Waals surface area contributed by atoms with Crippen molar-refractivity contribution in [2.24, 2.45) is 0 Å². The Kier molecular flexibility index (Phi) is 5.22. The van der Waals surface area contributed by atoms with Crippen LogP contribution in [0.25, 0.3) is 11.1 Å². The van der Waals surface area contributed by atoms with Gasteiger partial charge < -0.3 is 5.32 Å². The normalized spacial score (nSPS) is 10.8. The van der Waals surface area contributed by atoms with Gasteiger partial charge in [-0.25, -0.2) is 0 Å². The molecule has 0 saturated carbocycles. The number of halogens is 1. The molecule has 2 rings (SSSR count). The molecule has 0 atom stereocenters. The molecule has 0 unspecified atom stereocenters. The third kappa shape index (κ3) is 3.62. The summed E-state index contributed by atoms with van der Waals surface area (Å²) in [5, 5.41) is 4.30. The zero-order valence-electron chi connectivity index (χ0n) is 12.5. The van der Waals surface area contributed by atoms with Gasteiger partial charge in [0, 0.05) is 11.6 Å². The van der Waals surface area contributed by atoms with Gasteiger partial charge in [-0.3, -0.25) is 0 Å². The van der Waals surface area contributed by atoms with E-state index in [1.54, 1.807) is 0 Å². The van der Waals surface area contributed by atoms with Crippen LogP contribution in [0, 0.1) is 13.8 Å². The van der Waals surface area contributed by atoms with Crippen LogP contribution in [-0.4, -0.2) is 6.54 Å². The van der Waals surface area contributed by atoms with Crippen LogP contribution in [0.15, 0.2) is 36.4 Å². The fraction of sp³-hybridized carbons (Fsp3) is 0.333. The van der Waals surface area contributed by atoms with Crippen molar-refractivity contribution in [3.63, 3.8) is 0 Å².